The minimum absolute atomic E-state index is 0. The fraction of sp³-hybridized carbons (Fsp3) is 0.433. The third-order valence-electron chi connectivity index (χ3n) is 7.64. The Hall–Kier alpha value is -3.92. The molecule has 44 heavy (non-hydrogen) atoms. The van der Waals surface area contributed by atoms with Gasteiger partial charge in [0.25, 0.3) is 0 Å². The number of aromatic nitrogens is 4. The third-order valence-corrected chi connectivity index (χ3v) is 7.64. The lowest BCUT2D eigenvalue weighted by Gasteiger charge is -2.27. The lowest BCUT2D eigenvalue weighted by molar-refractivity contribution is -0.131. The van der Waals surface area contributed by atoms with Gasteiger partial charge in [-0.15, -0.1) is 10.2 Å². The summed E-state index contributed by atoms with van der Waals surface area (Å²) in [6.45, 7) is 3.51. The summed E-state index contributed by atoms with van der Waals surface area (Å²) in [5, 5.41) is 21.9. The van der Waals surface area contributed by atoms with Crippen molar-refractivity contribution in [1.82, 2.24) is 41.1 Å². The van der Waals surface area contributed by atoms with Crippen molar-refractivity contribution >= 4 is 35.0 Å². The number of carbonyl (C=O) groups is 4. The van der Waals surface area contributed by atoms with Gasteiger partial charge in [-0.1, -0.05) is 55.8 Å². The van der Waals surface area contributed by atoms with E-state index in [0.717, 1.165) is 16.8 Å². The van der Waals surface area contributed by atoms with Gasteiger partial charge in [0.15, 0.2) is 5.82 Å². The molecule has 2 aromatic carbocycles. The summed E-state index contributed by atoms with van der Waals surface area (Å²) in [6.07, 6.45) is 1.10. The summed E-state index contributed by atoms with van der Waals surface area (Å²) in [6, 6.07) is 13.4. The molecule has 0 spiro atoms. The summed E-state index contributed by atoms with van der Waals surface area (Å²) in [5.41, 5.74) is 3.33. The Balaban J connectivity index is 0.00000529. The van der Waals surface area contributed by atoms with Crippen molar-refractivity contribution in [3.8, 4) is 0 Å². The van der Waals surface area contributed by atoms with E-state index < -0.39 is 23.9 Å². The molecule has 2 heterocycles. The van der Waals surface area contributed by atoms with Crippen molar-refractivity contribution in [2.45, 2.75) is 51.7 Å². The Labute approximate surface area is 274 Å². The minimum Gasteiger partial charge on any atom is -1.00 e. The maximum Gasteiger partial charge on any atom is 0.247 e. The lowest BCUT2D eigenvalue weighted by atomic mass is 9.98. The van der Waals surface area contributed by atoms with E-state index in [1.54, 1.807) is 0 Å². The molecule has 0 radical (unpaired) electrons. The van der Waals surface area contributed by atoms with Gasteiger partial charge in [0.1, 0.15) is 17.8 Å². The van der Waals surface area contributed by atoms with Crippen LogP contribution in [0.4, 0.5) is 11.4 Å². The fourth-order valence-electron chi connectivity index (χ4n) is 4.98. The smallest absolute Gasteiger partial charge is 0.247 e. The third kappa shape index (κ3) is 8.59. The van der Waals surface area contributed by atoms with Crippen LogP contribution in [0.25, 0.3) is 0 Å². The summed E-state index contributed by atoms with van der Waals surface area (Å²) >= 11 is 0. The number of amides is 4. The number of benzene rings is 2. The molecule has 4 amide bonds. The number of nitrogens with one attached hydrogen (secondary N) is 4. The number of hydrogen-bond acceptors (Lipinski definition) is 7. The summed E-state index contributed by atoms with van der Waals surface area (Å²) in [4.78, 5) is 54.5. The van der Waals surface area contributed by atoms with E-state index in [1.807, 2.05) is 83.5 Å². The van der Waals surface area contributed by atoms with Crippen LogP contribution in [0.3, 0.4) is 0 Å². The highest BCUT2D eigenvalue weighted by Gasteiger charge is 2.39. The Morgan fingerprint density at radius 1 is 1.07 bits per heavy atom. The first kappa shape index (κ1) is 34.6. The molecule has 1 aromatic heterocycles. The molecule has 4 rings (SSSR count). The van der Waals surface area contributed by atoms with Crippen molar-refractivity contribution in [3.63, 3.8) is 0 Å². The average Bonchev–Trinajstić information content (AvgIpc) is 3.64. The predicted molar refractivity (Wildman–Crippen MR) is 162 cm³/mol. The predicted octanol–water partition coefficient (Wildman–Crippen LogP) is -2.14. The van der Waals surface area contributed by atoms with Crippen molar-refractivity contribution in [1.29, 1.82) is 0 Å². The maximum atomic E-state index is 13.7. The molecule has 14 heteroatoms. The minimum atomic E-state index is -0.829. The largest absolute Gasteiger partial charge is 1.00 e. The van der Waals surface area contributed by atoms with E-state index in [2.05, 4.69) is 36.6 Å². The zero-order valence-corrected chi connectivity index (χ0v) is 27.8. The Morgan fingerprint density at radius 3 is 2.43 bits per heavy atom. The molecule has 1 aliphatic rings. The normalized spacial score (nSPS) is 15.4. The second-order valence-corrected chi connectivity index (χ2v) is 11.7. The van der Waals surface area contributed by atoms with Crippen LogP contribution in [0.2, 0.25) is 0 Å². The molecule has 0 aliphatic carbocycles. The van der Waals surface area contributed by atoms with Gasteiger partial charge < -0.3 is 39.9 Å². The highest BCUT2D eigenvalue weighted by atomic mass is 127. The number of quaternary nitrogens is 1. The van der Waals surface area contributed by atoms with E-state index >= 15 is 0 Å². The molecule has 0 bridgehead atoms. The molecular formula is C30H40IN9O4. The Bertz CT molecular complexity index is 1440. The molecule has 0 fully saturated rings. The van der Waals surface area contributed by atoms with Gasteiger partial charge in [0.2, 0.25) is 23.6 Å². The van der Waals surface area contributed by atoms with Gasteiger partial charge in [-0.25, -0.2) is 0 Å². The first-order valence-corrected chi connectivity index (χ1v) is 14.4. The number of rotatable bonds is 12. The van der Waals surface area contributed by atoms with Gasteiger partial charge in [-0.3, -0.25) is 28.6 Å². The topological polar surface area (TPSA) is 162 Å². The maximum absolute atomic E-state index is 13.7. The SMILES string of the molecule is CC[C@H](C)[C@H](NC(=O)Cc1ccccc1)C(=O)NCC(=O)N1c2ccc([N+](C)(C)C)cc2CC1C(=O)NCc1nn[nH]n1.[I-]. The van der Waals surface area contributed by atoms with Crippen LogP contribution in [0.15, 0.2) is 48.5 Å². The van der Waals surface area contributed by atoms with E-state index in [4.69, 9.17) is 0 Å². The van der Waals surface area contributed by atoms with Gasteiger partial charge in [0, 0.05) is 24.2 Å². The number of nitrogens with zero attached hydrogens (tertiary/aromatic N) is 5. The van der Waals surface area contributed by atoms with Crippen LogP contribution in [0.1, 0.15) is 37.2 Å². The number of H-pyrrole nitrogens is 1. The first-order valence-electron chi connectivity index (χ1n) is 14.4. The van der Waals surface area contributed by atoms with E-state index in [-0.39, 0.29) is 61.2 Å². The van der Waals surface area contributed by atoms with Crippen LogP contribution in [-0.4, -0.2) is 84.0 Å². The zero-order valence-electron chi connectivity index (χ0n) is 25.6. The molecule has 0 saturated carbocycles. The van der Waals surface area contributed by atoms with Gasteiger partial charge in [-0.2, -0.15) is 5.21 Å². The average molecular weight is 718 g/mol. The molecule has 3 aromatic rings. The molecule has 1 unspecified atom stereocenters. The number of carbonyl (C=O) groups excluding carboxylic acids is 4. The lowest BCUT2D eigenvalue weighted by Crippen LogP contribution is -3.00. The summed E-state index contributed by atoms with van der Waals surface area (Å²) in [7, 11) is 6.11. The summed E-state index contributed by atoms with van der Waals surface area (Å²) < 4.78 is 0.568. The highest BCUT2D eigenvalue weighted by Crippen LogP contribution is 2.36. The molecule has 236 valence electrons. The molecule has 0 saturated heterocycles. The Morgan fingerprint density at radius 2 is 1.80 bits per heavy atom. The van der Waals surface area contributed by atoms with Gasteiger partial charge in [-0.05, 0) is 23.1 Å². The fourth-order valence-corrected chi connectivity index (χ4v) is 4.98. The number of aromatic amines is 1. The van der Waals surface area contributed by atoms with Crippen LogP contribution in [-0.2, 0) is 38.6 Å². The monoisotopic (exact) mass is 717 g/mol. The first-order chi connectivity index (χ1) is 20.5. The summed E-state index contributed by atoms with van der Waals surface area (Å²) in [5.74, 6) is -1.41. The Kier molecular flexibility index (Phi) is 11.9. The van der Waals surface area contributed by atoms with Crippen molar-refractivity contribution in [2.75, 3.05) is 32.6 Å². The number of halogens is 1. The second-order valence-electron chi connectivity index (χ2n) is 11.7. The molecular weight excluding hydrogens is 677 g/mol. The second kappa shape index (κ2) is 15.2. The molecule has 13 nitrogen and oxygen atoms in total. The van der Waals surface area contributed by atoms with Crippen LogP contribution in [0.5, 0.6) is 0 Å². The van der Waals surface area contributed by atoms with Crippen molar-refractivity contribution in [2.24, 2.45) is 5.92 Å². The van der Waals surface area contributed by atoms with Crippen LogP contribution in [0, 0.1) is 5.92 Å². The standard InChI is InChI=1S/C30H39N9O4.HI/c1-6-19(2)28(33-26(40)14-20-10-8-7-9-11-20)30(43)32-18-27(41)38-23-13-12-22(39(3,4)5)15-21(23)16-24(38)29(42)31-17-25-34-36-37-35-25;/h7-13,15,19,24,28H,6,14,16-18H2,1-5H3,(H3-,31,32,33,34,35,36,37,40,42,43);1H/t19-,24?,28-;/m0./s1. The molecule has 1 aliphatic heterocycles. The van der Waals surface area contributed by atoms with Gasteiger partial charge in [0.05, 0.1) is 40.7 Å². The van der Waals surface area contributed by atoms with E-state index in [0.29, 0.717) is 28.8 Å². The van der Waals surface area contributed by atoms with Crippen LogP contribution < -0.4 is 49.3 Å². The van der Waals surface area contributed by atoms with Crippen molar-refractivity contribution < 1.29 is 43.2 Å². The molecule has 4 N–H and O–H groups in total. The number of tetrazole rings is 1. The van der Waals surface area contributed by atoms with E-state index in [1.165, 1.54) is 4.90 Å². The quantitative estimate of drug-likeness (QED) is 0.123. The zero-order chi connectivity index (χ0) is 31.1. The van der Waals surface area contributed by atoms with Crippen molar-refractivity contribution in [3.05, 3.63) is 65.5 Å². The highest BCUT2D eigenvalue weighted by molar-refractivity contribution is 6.05. The van der Waals surface area contributed by atoms with E-state index in [9.17, 15) is 19.2 Å². The van der Waals surface area contributed by atoms with Crippen LogP contribution >= 0.6 is 0 Å². The number of anilines is 1. The molecule has 3 atom stereocenters. The number of fused-ring (bicyclic) bond motifs is 1. The number of hydrogen-bond donors (Lipinski definition) is 4. The van der Waals surface area contributed by atoms with Gasteiger partial charge >= 0.3 is 0 Å².